The van der Waals surface area contributed by atoms with E-state index in [0.717, 1.165) is 48.2 Å². The summed E-state index contributed by atoms with van der Waals surface area (Å²) in [6, 6.07) is 9.87. The molecule has 4 rings (SSSR count). The van der Waals surface area contributed by atoms with Crippen LogP contribution in [0.2, 0.25) is 5.15 Å². The van der Waals surface area contributed by atoms with Gasteiger partial charge in [-0.3, -0.25) is 5.43 Å². The normalized spacial score (nSPS) is 16.2. The molecule has 0 radical (unpaired) electrons. The number of anilines is 1. The van der Waals surface area contributed by atoms with Crippen molar-refractivity contribution in [2.24, 2.45) is 0 Å². The van der Waals surface area contributed by atoms with Crippen LogP contribution in [-0.4, -0.2) is 58.1 Å². The minimum atomic E-state index is 0.493. The molecule has 1 N–H and O–H groups in total. The van der Waals surface area contributed by atoms with Gasteiger partial charge in [0.15, 0.2) is 0 Å². The molecule has 0 unspecified atom stereocenters. The van der Waals surface area contributed by atoms with Gasteiger partial charge in [0.25, 0.3) is 0 Å². The van der Waals surface area contributed by atoms with Crippen LogP contribution in [0.3, 0.4) is 0 Å². The number of aromatic nitrogens is 3. The maximum atomic E-state index is 5.85. The second-order valence-electron chi connectivity index (χ2n) is 6.24. The van der Waals surface area contributed by atoms with Crippen molar-refractivity contribution >= 4 is 28.5 Å². The average molecular weight is 355 g/mol. The van der Waals surface area contributed by atoms with E-state index in [1.807, 2.05) is 24.4 Å². The summed E-state index contributed by atoms with van der Waals surface area (Å²) in [4.78, 5) is 15.5. The molecule has 1 fully saturated rings. The zero-order chi connectivity index (χ0) is 17.2. The number of piperazine rings is 1. The van der Waals surface area contributed by atoms with Gasteiger partial charge < -0.3 is 4.90 Å². The van der Waals surface area contributed by atoms with E-state index >= 15 is 0 Å². The average Bonchev–Trinajstić information content (AvgIpc) is 2.64. The Labute approximate surface area is 151 Å². The van der Waals surface area contributed by atoms with Crippen LogP contribution in [0.25, 0.3) is 22.0 Å². The number of pyridine rings is 1. The van der Waals surface area contributed by atoms with Crippen LogP contribution in [-0.2, 0) is 0 Å². The molecule has 3 aromatic rings. The number of hydrogen-bond donors (Lipinski definition) is 1. The molecule has 0 amide bonds. The maximum Gasteiger partial charge on any atom is 0.238 e. The van der Waals surface area contributed by atoms with Crippen molar-refractivity contribution in [1.29, 1.82) is 0 Å². The molecule has 0 bridgehead atoms. The first-order valence-corrected chi connectivity index (χ1v) is 8.64. The number of nitrogens with zero attached hydrogens (tertiary/aromatic N) is 5. The number of hydrazine groups is 1. The quantitative estimate of drug-likeness (QED) is 0.730. The van der Waals surface area contributed by atoms with Gasteiger partial charge in [-0.05, 0) is 36.9 Å². The van der Waals surface area contributed by atoms with Gasteiger partial charge in [0.1, 0.15) is 5.15 Å². The first-order chi connectivity index (χ1) is 12.2. The number of benzene rings is 1. The number of hydrogen-bond acceptors (Lipinski definition) is 6. The Morgan fingerprint density at radius 3 is 2.52 bits per heavy atom. The highest BCUT2D eigenvalue weighted by Crippen LogP contribution is 2.24. The third-order valence-corrected chi connectivity index (χ3v) is 4.63. The molecule has 0 atom stereocenters. The summed E-state index contributed by atoms with van der Waals surface area (Å²) in [7, 11) is 2.14. The maximum absolute atomic E-state index is 5.85. The first kappa shape index (κ1) is 16.2. The van der Waals surface area contributed by atoms with E-state index in [-0.39, 0.29) is 0 Å². The standard InChI is InChI=1S/C18H19ClN6/c1-24-6-8-25(9-7-24)23-18-21-12-15-10-13(2-4-16(15)22-18)14-3-5-17(19)20-11-14/h2-5,10-12H,6-9H2,1H3,(H,21,22,23). The molecule has 128 valence electrons. The Morgan fingerprint density at radius 2 is 1.76 bits per heavy atom. The SMILES string of the molecule is CN1CCN(Nc2ncc3cc(-c4ccc(Cl)nc4)ccc3n2)CC1. The Hall–Kier alpha value is -2.28. The molecule has 0 saturated carbocycles. The number of halogens is 1. The van der Waals surface area contributed by atoms with Crippen molar-refractivity contribution in [3.05, 3.63) is 47.9 Å². The molecule has 1 saturated heterocycles. The lowest BCUT2D eigenvalue weighted by Crippen LogP contribution is -2.47. The summed E-state index contributed by atoms with van der Waals surface area (Å²) in [5.41, 5.74) is 6.31. The Bertz CT molecular complexity index is 874. The van der Waals surface area contributed by atoms with Crippen LogP contribution < -0.4 is 5.43 Å². The number of nitrogens with one attached hydrogen (secondary N) is 1. The Morgan fingerprint density at radius 1 is 0.960 bits per heavy atom. The van der Waals surface area contributed by atoms with Crippen molar-refractivity contribution in [2.45, 2.75) is 0 Å². The summed E-state index contributed by atoms with van der Waals surface area (Å²) in [5.74, 6) is 0.637. The van der Waals surface area contributed by atoms with Gasteiger partial charge in [-0.25, -0.2) is 20.0 Å². The molecule has 0 aliphatic carbocycles. The van der Waals surface area contributed by atoms with Gasteiger partial charge in [-0.15, -0.1) is 0 Å². The number of rotatable bonds is 3. The van der Waals surface area contributed by atoms with Gasteiger partial charge in [-0.1, -0.05) is 17.7 Å². The molecule has 7 heteroatoms. The van der Waals surface area contributed by atoms with Crippen molar-refractivity contribution < 1.29 is 0 Å². The molecule has 25 heavy (non-hydrogen) atoms. The Balaban J connectivity index is 1.55. The lowest BCUT2D eigenvalue weighted by molar-refractivity contribution is 0.178. The number of fused-ring (bicyclic) bond motifs is 1. The zero-order valence-corrected chi connectivity index (χ0v) is 14.7. The third kappa shape index (κ3) is 3.71. The molecule has 2 aromatic heterocycles. The molecule has 3 heterocycles. The summed E-state index contributed by atoms with van der Waals surface area (Å²) in [5, 5.41) is 3.65. The topological polar surface area (TPSA) is 57.2 Å². The van der Waals surface area contributed by atoms with Crippen molar-refractivity contribution in [2.75, 3.05) is 38.7 Å². The van der Waals surface area contributed by atoms with E-state index in [9.17, 15) is 0 Å². The van der Waals surface area contributed by atoms with Gasteiger partial charge in [-0.2, -0.15) is 0 Å². The van der Waals surface area contributed by atoms with E-state index in [1.165, 1.54) is 0 Å². The minimum Gasteiger partial charge on any atom is -0.304 e. The third-order valence-electron chi connectivity index (χ3n) is 4.40. The van der Waals surface area contributed by atoms with Gasteiger partial charge >= 0.3 is 0 Å². The molecule has 1 aliphatic rings. The molecular formula is C18H19ClN6. The van der Waals surface area contributed by atoms with E-state index < -0.39 is 0 Å². The van der Waals surface area contributed by atoms with Crippen LogP contribution in [0.1, 0.15) is 0 Å². The van der Waals surface area contributed by atoms with Crippen LogP contribution in [0.4, 0.5) is 5.95 Å². The van der Waals surface area contributed by atoms with E-state index in [1.54, 1.807) is 12.3 Å². The monoisotopic (exact) mass is 354 g/mol. The van der Waals surface area contributed by atoms with Crippen molar-refractivity contribution in [3.8, 4) is 11.1 Å². The zero-order valence-electron chi connectivity index (χ0n) is 14.0. The summed E-state index contributed by atoms with van der Waals surface area (Å²) >= 11 is 5.85. The van der Waals surface area contributed by atoms with E-state index in [2.05, 4.69) is 43.4 Å². The summed E-state index contributed by atoms with van der Waals surface area (Å²) < 4.78 is 0. The second kappa shape index (κ2) is 6.92. The first-order valence-electron chi connectivity index (χ1n) is 8.26. The lowest BCUT2D eigenvalue weighted by atomic mass is 10.1. The van der Waals surface area contributed by atoms with Gasteiger partial charge in [0.05, 0.1) is 5.52 Å². The smallest absolute Gasteiger partial charge is 0.238 e. The van der Waals surface area contributed by atoms with E-state index in [4.69, 9.17) is 11.6 Å². The predicted molar refractivity (Wildman–Crippen MR) is 100 cm³/mol. The highest BCUT2D eigenvalue weighted by atomic mass is 35.5. The Kier molecular flexibility index (Phi) is 4.48. The minimum absolute atomic E-state index is 0.493. The van der Waals surface area contributed by atoms with Crippen LogP contribution in [0.15, 0.2) is 42.7 Å². The predicted octanol–water partition coefficient (Wildman–Crippen LogP) is 2.92. The molecule has 6 nitrogen and oxygen atoms in total. The lowest BCUT2D eigenvalue weighted by Gasteiger charge is -2.32. The fourth-order valence-electron chi connectivity index (χ4n) is 2.87. The highest BCUT2D eigenvalue weighted by Gasteiger charge is 2.14. The molecule has 1 aromatic carbocycles. The van der Waals surface area contributed by atoms with Crippen LogP contribution >= 0.6 is 11.6 Å². The van der Waals surface area contributed by atoms with Gasteiger partial charge in [0.2, 0.25) is 5.95 Å². The summed E-state index contributed by atoms with van der Waals surface area (Å²) in [6.07, 6.45) is 3.63. The fraction of sp³-hybridized carbons (Fsp3) is 0.278. The molecule has 1 aliphatic heterocycles. The molecular weight excluding hydrogens is 336 g/mol. The highest BCUT2D eigenvalue weighted by molar-refractivity contribution is 6.29. The second-order valence-corrected chi connectivity index (χ2v) is 6.63. The molecule has 0 spiro atoms. The largest absolute Gasteiger partial charge is 0.304 e. The van der Waals surface area contributed by atoms with Crippen molar-refractivity contribution in [3.63, 3.8) is 0 Å². The van der Waals surface area contributed by atoms with E-state index in [0.29, 0.717) is 11.1 Å². The summed E-state index contributed by atoms with van der Waals surface area (Å²) in [6.45, 7) is 4.00. The fourth-order valence-corrected chi connectivity index (χ4v) is 2.98. The van der Waals surface area contributed by atoms with Crippen LogP contribution in [0, 0.1) is 0 Å². The van der Waals surface area contributed by atoms with Gasteiger partial charge in [0, 0.05) is 49.5 Å². The van der Waals surface area contributed by atoms with Crippen molar-refractivity contribution in [1.82, 2.24) is 24.9 Å². The number of likely N-dealkylation sites (N-methyl/N-ethyl adjacent to an activating group) is 1. The van der Waals surface area contributed by atoms with Crippen LogP contribution in [0.5, 0.6) is 0 Å².